The number of hydrogen-bond donors (Lipinski definition) is 2. The molecule has 1 atom stereocenters. The largest absolute Gasteiger partial charge is 0.497 e. The molecule has 2 aliphatic heterocycles. The molecule has 148 valence electrons. The third kappa shape index (κ3) is 3.84. The second-order valence-electron chi connectivity index (χ2n) is 7.13. The van der Waals surface area contributed by atoms with Crippen molar-refractivity contribution >= 4 is 17.3 Å². The van der Waals surface area contributed by atoms with Crippen molar-refractivity contribution in [1.29, 1.82) is 0 Å². The molecule has 0 saturated carbocycles. The van der Waals surface area contributed by atoms with Gasteiger partial charge in [0.2, 0.25) is 6.79 Å². The number of methoxy groups -OCH3 is 1. The van der Waals surface area contributed by atoms with E-state index in [2.05, 4.69) is 22.3 Å². The highest BCUT2D eigenvalue weighted by Crippen LogP contribution is 2.34. The molecule has 2 aromatic carbocycles. The fourth-order valence-corrected chi connectivity index (χ4v) is 3.70. The van der Waals surface area contributed by atoms with Gasteiger partial charge in [-0.3, -0.25) is 4.79 Å². The molecule has 2 heterocycles. The predicted octanol–water partition coefficient (Wildman–Crippen LogP) is 1.16. The number of anilines is 2. The van der Waals surface area contributed by atoms with Crippen molar-refractivity contribution in [3.8, 4) is 17.2 Å². The number of nitrogens with one attached hydrogen (secondary N) is 2. The molecule has 1 amide bonds. The molecule has 0 bridgehead atoms. The Morgan fingerprint density at radius 2 is 1.93 bits per heavy atom. The lowest BCUT2D eigenvalue weighted by Gasteiger charge is -2.36. The molecule has 2 aromatic rings. The van der Waals surface area contributed by atoms with E-state index in [9.17, 15) is 4.79 Å². The van der Waals surface area contributed by atoms with E-state index in [0.717, 1.165) is 43.3 Å². The number of carbonyl (C=O) groups excluding carboxylic acids is 1. The van der Waals surface area contributed by atoms with Crippen molar-refractivity contribution < 1.29 is 23.9 Å². The number of amides is 1. The van der Waals surface area contributed by atoms with E-state index in [1.807, 2.05) is 37.3 Å². The van der Waals surface area contributed by atoms with Crippen molar-refractivity contribution in [3.63, 3.8) is 0 Å². The van der Waals surface area contributed by atoms with E-state index in [-0.39, 0.29) is 18.7 Å². The second kappa shape index (κ2) is 7.98. The summed E-state index contributed by atoms with van der Waals surface area (Å²) in [5.74, 6) is 2.27. The number of rotatable bonds is 5. The zero-order valence-electron chi connectivity index (χ0n) is 16.2. The maximum atomic E-state index is 12.7. The van der Waals surface area contributed by atoms with Gasteiger partial charge in [-0.15, -0.1) is 0 Å². The molecule has 7 nitrogen and oxygen atoms in total. The summed E-state index contributed by atoms with van der Waals surface area (Å²) in [6, 6.07) is 13.5. The van der Waals surface area contributed by atoms with Gasteiger partial charge in [0, 0.05) is 23.5 Å². The van der Waals surface area contributed by atoms with Crippen LogP contribution in [-0.2, 0) is 4.79 Å². The predicted molar refractivity (Wildman–Crippen MR) is 107 cm³/mol. The van der Waals surface area contributed by atoms with Crippen LogP contribution in [0.2, 0.25) is 0 Å². The lowest BCUT2D eigenvalue weighted by Crippen LogP contribution is -3.19. The van der Waals surface area contributed by atoms with Crippen LogP contribution in [0.1, 0.15) is 6.92 Å². The minimum absolute atomic E-state index is 0.0173. The average molecular weight is 384 g/mol. The third-order valence-corrected chi connectivity index (χ3v) is 5.47. The molecular weight excluding hydrogens is 358 g/mol. The summed E-state index contributed by atoms with van der Waals surface area (Å²) in [5.41, 5.74) is 1.89. The number of hydrogen-bond acceptors (Lipinski definition) is 5. The van der Waals surface area contributed by atoms with Crippen molar-refractivity contribution in [2.24, 2.45) is 0 Å². The number of fused-ring (bicyclic) bond motifs is 1. The highest BCUT2D eigenvalue weighted by Gasteiger charge is 2.29. The Morgan fingerprint density at radius 3 is 2.71 bits per heavy atom. The normalized spacial score (nSPS) is 17.3. The van der Waals surface area contributed by atoms with Gasteiger partial charge in [0.05, 0.1) is 33.3 Å². The number of piperazine rings is 1. The lowest BCUT2D eigenvalue weighted by molar-refractivity contribution is -0.914. The summed E-state index contributed by atoms with van der Waals surface area (Å²) >= 11 is 0. The highest BCUT2D eigenvalue weighted by atomic mass is 16.7. The van der Waals surface area contributed by atoms with E-state index in [1.165, 1.54) is 4.90 Å². The van der Waals surface area contributed by atoms with Gasteiger partial charge in [0.1, 0.15) is 5.75 Å². The monoisotopic (exact) mass is 384 g/mol. The van der Waals surface area contributed by atoms with Crippen molar-refractivity contribution in [3.05, 3.63) is 42.5 Å². The van der Waals surface area contributed by atoms with Gasteiger partial charge in [-0.25, -0.2) is 0 Å². The summed E-state index contributed by atoms with van der Waals surface area (Å²) in [6.07, 6.45) is 0. The van der Waals surface area contributed by atoms with Crippen molar-refractivity contribution in [1.82, 2.24) is 0 Å². The van der Waals surface area contributed by atoms with E-state index < -0.39 is 0 Å². The first-order valence-electron chi connectivity index (χ1n) is 9.58. The molecule has 0 spiro atoms. The Kier molecular flexibility index (Phi) is 5.25. The van der Waals surface area contributed by atoms with Gasteiger partial charge >= 0.3 is 0 Å². The van der Waals surface area contributed by atoms with Crippen LogP contribution in [0.4, 0.5) is 11.4 Å². The highest BCUT2D eigenvalue weighted by molar-refractivity contribution is 5.94. The minimum atomic E-state index is -0.127. The zero-order valence-corrected chi connectivity index (χ0v) is 16.2. The Balaban J connectivity index is 1.33. The fourth-order valence-electron chi connectivity index (χ4n) is 3.70. The molecule has 0 radical (unpaired) electrons. The quantitative estimate of drug-likeness (QED) is 0.810. The van der Waals surface area contributed by atoms with Gasteiger partial charge in [-0.1, -0.05) is 6.07 Å². The number of nitrogens with zero attached hydrogens (tertiary/aromatic N) is 1. The maximum absolute atomic E-state index is 12.7. The van der Waals surface area contributed by atoms with E-state index >= 15 is 0 Å². The molecule has 0 unspecified atom stereocenters. The van der Waals surface area contributed by atoms with E-state index in [4.69, 9.17) is 14.2 Å². The van der Waals surface area contributed by atoms with Crippen LogP contribution >= 0.6 is 0 Å². The molecule has 4 rings (SSSR count). The number of carbonyl (C=O) groups is 1. The Morgan fingerprint density at radius 1 is 1.14 bits per heavy atom. The van der Waals surface area contributed by atoms with Crippen LogP contribution in [0, 0.1) is 0 Å². The first kappa shape index (κ1) is 18.4. The fraction of sp³-hybridized carbons (Fsp3) is 0.381. The molecule has 7 heteroatoms. The summed E-state index contributed by atoms with van der Waals surface area (Å²) in [5, 5.41) is 3.00. The summed E-state index contributed by atoms with van der Waals surface area (Å²) in [4.78, 5) is 16.3. The van der Waals surface area contributed by atoms with Gasteiger partial charge in [0.25, 0.3) is 5.91 Å². The topological polar surface area (TPSA) is 64.5 Å². The van der Waals surface area contributed by atoms with Crippen LogP contribution in [0.15, 0.2) is 42.5 Å². The van der Waals surface area contributed by atoms with Gasteiger partial charge in [-0.05, 0) is 31.2 Å². The van der Waals surface area contributed by atoms with Crippen molar-refractivity contribution in [2.75, 3.05) is 50.3 Å². The molecule has 0 aliphatic carbocycles. The molecule has 1 saturated heterocycles. The van der Waals surface area contributed by atoms with Gasteiger partial charge in [0.15, 0.2) is 17.5 Å². The standard InChI is InChI=1S/C21H25N3O4/c1-15(21(25)22-16-6-7-19-20(12-16)28-14-27-19)23-8-10-24(11-9-23)17-4-3-5-18(13-17)26-2/h3-7,12-13,15H,8-11,14H2,1-2H3,(H,22,25)/p+1/t15-/m1/s1. The number of ether oxygens (including phenoxy) is 3. The Hall–Kier alpha value is -2.93. The molecule has 28 heavy (non-hydrogen) atoms. The van der Waals surface area contributed by atoms with Crippen LogP contribution < -0.4 is 29.3 Å². The van der Waals surface area contributed by atoms with Gasteiger partial charge < -0.3 is 29.3 Å². The average Bonchev–Trinajstić information content (AvgIpc) is 3.21. The molecule has 0 aromatic heterocycles. The van der Waals surface area contributed by atoms with Gasteiger partial charge in [-0.2, -0.15) is 0 Å². The van der Waals surface area contributed by atoms with E-state index in [0.29, 0.717) is 11.5 Å². The van der Waals surface area contributed by atoms with Crippen LogP contribution in [0.5, 0.6) is 17.2 Å². The molecular formula is C21H26N3O4+. The zero-order chi connectivity index (χ0) is 19.5. The Bertz CT molecular complexity index is 849. The van der Waals surface area contributed by atoms with Crippen molar-refractivity contribution in [2.45, 2.75) is 13.0 Å². The first-order valence-corrected chi connectivity index (χ1v) is 9.58. The molecule has 2 N–H and O–H groups in total. The molecule has 2 aliphatic rings. The van der Waals surface area contributed by atoms with Crippen LogP contribution in [0.3, 0.4) is 0 Å². The second-order valence-corrected chi connectivity index (χ2v) is 7.13. The molecule has 1 fully saturated rings. The summed E-state index contributed by atoms with van der Waals surface area (Å²) in [7, 11) is 1.68. The summed E-state index contributed by atoms with van der Waals surface area (Å²) < 4.78 is 16.0. The van der Waals surface area contributed by atoms with Crippen LogP contribution in [0.25, 0.3) is 0 Å². The SMILES string of the molecule is COc1cccc(N2CC[NH+]([C@H](C)C(=O)Nc3ccc4c(c3)OCO4)CC2)c1. The van der Waals surface area contributed by atoms with E-state index in [1.54, 1.807) is 7.11 Å². The Labute approximate surface area is 164 Å². The third-order valence-electron chi connectivity index (χ3n) is 5.47. The smallest absolute Gasteiger partial charge is 0.282 e. The number of quaternary nitrogens is 1. The maximum Gasteiger partial charge on any atom is 0.282 e. The number of benzene rings is 2. The lowest BCUT2D eigenvalue weighted by atomic mass is 10.2. The minimum Gasteiger partial charge on any atom is -0.497 e. The first-order chi connectivity index (χ1) is 13.6. The van der Waals surface area contributed by atoms with Crippen LogP contribution in [-0.4, -0.2) is 52.0 Å². The summed E-state index contributed by atoms with van der Waals surface area (Å²) in [6.45, 7) is 5.85.